The molecule has 0 aromatic heterocycles. The van der Waals surface area contributed by atoms with Gasteiger partial charge in [0.2, 0.25) is 5.91 Å². The number of nitrogens with one attached hydrogen (secondary N) is 1. The van der Waals surface area contributed by atoms with Gasteiger partial charge in [0.05, 0.1) is 6.54 Å². The van der Waals surface area contributed by atoms with E-state index in [0.29, 0.717) is 0 Å². The topological polar surface area (TPSA) is 66.4 Å². The summed E-state index contributed by atoms with van der Waals surface area (Å²) in [6.07, 6.45) is 4.90. The van der Waals surface area contributed by atoms with E-state index in [0.717, 1.165) is 11.8 Å². The van der Waals surface area contributed by atoms with Crippen LogP contribution in [0.25, 0.3) is 0 Å². The summed E-state index contributed by atoms with van der Waals surface area (Å²) in [5.74, 6) is 1.01. The van der Waals surface area contributed by atoms with Crippen molar-refractivity contribution in [2.24, 2.45) is 0 Å². The fourth-order valence-electron chi connectivity index (χ4n) is 0.738. The minimum absolute atomic E-state index is 0.155. The van der Waals surface area contributed by atoms with Crippen molar-refractivity contribution in [1.29, 1.82) is 0 Å². The molecule has 5 heteroatoms. The van der Waals surface area contributed by atoms with E-state index in [-0.39, 0.29) is 12.5 Å². The first-order valence-electron chi connectivity index (χ1n) is 3.26. The highest BCUT2D eigenvalue weighted by Crippen LogP contribution is 2.41. The number of hydrogen-bond donors (Lipinski definition) is 2. The summed E-state index contributed by atoms with van der Waals surface area (Å²) >= 11 is 1.12. The van der Waals surface area contributed by atoms with Gasteiger partial charge in [-0.1, -0.05) is 5.92 Å². The summed E-state index contributed by atoms with van der Waals surface area (Å²) in [5.41, 5.74) is 0. The smallest absolute Gasteiger partial charge is 0.318 e. The van der Waals surface area contributed by atoms with Gasteiger partial charge in [-0.25, -0.2) is 0 Å². The van der Waals surface area contributed by atoms with E-state index in [2.05, 4.69) is 11.2 Å². The van der Waals surface area contributed by atoms with Crippen molar-refractivity contribution in [3.8, 4) is 12.3 Å². The van der Waals surface area contributed by atoms with E-state index >= 15 is 0 Å². The van der Waals surface area contributed by atoms with E-state index in [9.17, 15) is 9.59 Å². The lowest BCUT2D eigenvalue weighted by molar-refractivity contribution is -0.136. The predicted molar refractivity (Wildman–Crippen MR) is 44.6 cm³/mol. The lowest BCUT2D eigenvalue weighted by atomic mass is 10.3. The average molecular weight is 185 g/mol. The predicted octanol–water partition coefficient (Wildman–Crippen LogP) is -0.696. The Morgan fingerprint density at radius 1 is 1.58 bits per heavy atom. The van der Waals surface area contributed by atoms with Crippen LogP contribution in [0, 0.1) is 12.3 Å². The van der Waals surface area contributed by atoms with Crippen molar-refractivity contribution in [1.82, 2.24) is 5.32 Å². The Labute approximate surface area is 73.7 Å². The van der Waals surface area contributed by atoms with Gasteiger partial charge in [0, 0.05) is 0 Å². The van der Waals surface area contributed by atoms with Crippen LogP contribution < -0.4 is 5.32 Å². The highest BCUT2D eigenvalue weighted by Gasteiger charge is 2.49. The zero-order valence-electron chi connectivity index (χ0n) is 6.11. The van der Waals surface area contributed by atoms with E-state index < -0.39 is 16.5 Å². The quantitative estimate of drug-likeness (QED) is 0.451. The monoisotopic (exact) mass is 185 g/mol. The summed E-state index contributed by atoms with van der Waals surface area (Å²) in [7, 11) is 0. The van der Waals surface area contributed by atoms with Crippen LogP contribution in [0.15, 0.2) is 0 Å². The van der Waals surface area contributed by atoms with E-state index in [4.69, 9.17) is 11.5 Å². The normalized spacial score (nSPS) is 25.6. The zero-order valence-corrected chi connectivity index (χ0v) is 6.93. The Balaban J connectivity index is 2.29. The lowest BCUT2D eigenvalue weighted by Crippen LogP contribution is -2.30. The summed E-state index contributed by atoms with van der Waals surface area (Å²) in [5, 5.41) is 9.85. The Bertz CT molecular complexity index is 258. The number of amides is 1. The maximum Gasteiger partial charge on any atom is 0.318 e. The number of carbonyl (C=O) groups excluding carboxylic acids is 1. The molecule has 0 radical (unpaired) electrons. The molecule has 0 aliphatic carbocycles. The molecule has 1 aliphatic rings. The van der Waals surface area contributed by atoms with Gasteiger partial charge in [0.1, 0.15) is 10.5 Å². The molecule has 0 unspecified atom stereocenters. The third kappa shape index (κ3) is 1.92. The second-order valence-electron chi connectivity index (χ2n) is 2.24. The van der Waals surface area contributed by atoms with Gasteiger partial charge in [-0.15, -0.1) is 18.2 Å². The maximum atomic E-state index is 11.0. The van der Waals surface area contributed by atoms with Crippen LogP contribution >= 0.6 is 11.8 Å². The molecule has 1 heterocycles. The van der Waals surface area contributed by atoms with E-state index in [1.54, 1.807) is 0 Å². The highest BCUT2D eigenvalue weighted by molar-refractivity contribution is 8.09. The van der Waals surface area contributed by atoms with E-state index in [1.807, 2.05) is 0 Å². The van der Waals surface area contributed by atoms with Crippen LogP contribution in [0.3, 0.4) is 0 Å². The molecule has 0 bridgehead atoms. The second-order valence-corrected chi connectivity index (χ2v) is 3.53. The average Bonchev–Trinajstić information content (AvgIpc) is 2.78. The summed E-state index contributed by atoms with van der Waals surface area (Å²) in [6.45, 7) is 0.155. The second kappa shape index (κ2) is 3.50. The fraction of sp³-hybridized carbons (Fsp3) is 0.429. The largest absolute Gasteiger partial charge is 0.480 e. The van der Waals surface area contributed by atoms with Crippen LogP contribution in [0.1, 0.15) is 0 Å². The molecule has 0 aromatic rings. The summed E-state index contributed by atoms with van der Waals surface area (Å²) in [6, 6.07) is 0. The molecule has 4 nitrogen and oxygen atoms in total. The number of hydrogen-bond acceptors (Lipinski definition) is 3. The molecule has 64 valence electrons. The number of rotatable bonds is 3. The molecule has 1 amide bonds. The number of carbonyl (C=O) groups is 2. The van der Waals surface area contributed by atoms with Gasteiger partial charge in [0.15, 0.2) is 0 Å². The van der Waals surface area contributed by atoms with Gasteiger partial charge in [-0.05, 0) is 0 Å². The number of terminal acetylenes is 1. The third-order valence-electron chi connectivity index (χ3n) is 1.36. The Morgan fingerprint density at radius 3 is 2.67 bits per heavy atom. The Kier molecular flexibility index (Phi) is 2.61. The van der Waals surface area contributed by atoms with Crippen molar-refractivity contribution in [2.75, 3.05) is 6.54 Å². The van der Waals surface area contributed by atoms with Crippen molar-refractivity contribution >= 4 is 23.6 Å². The van der Waals surface area contributed by atoms with E-state index in [1.165, 1.54) is 0 Å². The van der Waals surface area contributed by atoms with Gasteiger partial charge in [0.25, 0.3) is 0 Å². The maximum absolute atomic E-state index is 11.0. The van der Waals surface area contributed by atoms with Crippen LogP contribution in [0.4, 0.5) is 0 Å². The molecule has 2 atom stereocenters. The van der Waals surface area contributed by atoms with Crippen LogP contribution in [0.5, 0.6) is 0 Å². The number of carboxylic acids is 1. The molecule has 0 saturated carbocycles. The molecule has 1 fully saturated rings. The molecule has 12 heavy (non-hydrogen) atoms. The molecule has 0 aromatic carbocycles. The first-order chi connectivity index (χ1) is 5.66. The summed E-state index contributed by atoms with van der Waals surface area (Å²) in [4.78, 5) is 21.3. The lowest BCUT2D eigenvalue weighted by Gasteiger charge is -1.95. The standard InChI is InChI=1S/C7H7NO3S/c1-2-3-8-6(9)4-5(12-4)7(10)11/h1,4-5H,3H2,(H,8,9)(H,10,11)/t4-,5-/m1/s1. The van der Waals surface area contributed by atoms with Gasteiger partial charge < -0.3 is 10.4 Å². The summed E-state index contributed by atoms with van der Waals surface area (Å²) < 4.78 is 0. The molecule has 1 saturated heterocycles. The van der Waals surface area contributed by atoms with Gasteiger partial charge >= 0.3 is 5.97 Å². The molecular weight excluding hydrogens is 178 g/mol. The van der Waals surface area contributed by atoms with Crippen molar-refractivity contribution < 1.29 is 14.7 Å². The number of aliphatic carboxylic acids is 1. The molecule has 2 N–H and O–H groups in total. The van der Waals surface area contributed by atoms with Crippen molar-refractivity contribution in [2.45, 2.75) is 10.5 Å². The fourth-order valence-corrected chi connectivity index (χ4v) is 1.53. The third-order valence-corrected chi connectivity index (χ3v) is 2.59. The first kappa shape index (κ1) is 8.94. The van der Waals surface area contributed by atoms with Crippen LogP contribution in [-0.2, 0) is 9.59 Å². The molecular formula is C7H7NO3S. The molecule has 0 spiro atoms. The van der Waals surface area contributed by atoms with Crippen molar-refractivity contribution in [3.05, 3.63) is 0 Å². The van der Waals surface area contributed by atoms with Crippen molar-refractivity contribution in [3.63, 3.8) is 0 Å². The first-order valence-corrected chi connectivity index (χ1v) is 4.20. The minimum atomic E-state index is -0.944. The number of thioether (sulfide) groups is 1. The number of carboxylic acid groups (broad SMARTS) is 1. The van der Waals surface area contributed by atoms with Crippen LogP contribution in [-0.4, -0.2) is 34.0 Å². The SMILES string of the molecule is C#CCNC(=O)[C@@H]1S[C@H]1C(=O)O. The Morgan fingerprint density at radius 2 is 2.25 bits per heavy atom. The highest BCUT2D eigenvalue weighted by atomic mass is 32.2. The minimum Gasteiger partial charge on any atom is -0.480 e. The zero-order chi connectivity index (χ0) is 9.14. The van der Waals surface area contributed by atoms with Gasteiger partial charge in [-0.2, -0.15) is 0 Å². The molecule has 1 rings (SSSR count). The Hall–Kier alpha value is -1.15. The van der Waals surface area contributed by atoms with Gasteiger partial charge in [-0.3, -0.25) is 9.59 Å². The van der Waals surface area contributed by atoms with Crippen LogP contribution in [0.2, 0.25) is 0 Å². The molecule has 1 aliphatic heterocycles.